The minimum Gasteiger partial charge on any atom is -0.493 e. The van der Waals surface area contributed by atoms with Crippen molar-refractivity contribution in [1.29, 1.82) is 0 Å². The average molecular weight is 338 g/mol. The predicted molar refractivity (Wildman–Crippen MR) is 83.4 cm³/mol. The molecule has 2 aromatic carbocycles. The largest absolute Gasteiger partial charge is 0.493 e. The van der Waals surface area contributed by atoms with Crippen LogP contribution in [-0.2, 0) is 4.79 Å². The summed E-state index contributed by atoms with van der Waals surface area (Å²) in [4.78, 5) is 11.3. The molecule has 0 unspecified atom stereocenters. The summed E-state index contributed by atoms with van der Waals surface area (Å²) in [6.07, 6.45) is -4.45. The molecule has 0 aromatic heterocycles. The van der Waals surface area contributed by atoms with Crippen LogP contribution in [0.2, 0.25) is 0 Å². The molecule has 1 fully saturated rings. The summed E-state index contributed by atoms with van der Waals surface area (Å²) in [6, 6.07) is 8.04. The third-order valence-corrected chi connectivity index (χ3v) is 3.95. The molecule has 128 valence electrons. The van der Waals surface area contributed by atoms with Crippen molar-refractivity contribution in [2.24, 2.45) is 0 Å². The van der Waals surface area contributed by atoms with Crippen LogP contribution < -0.4 is 10.2 Å². The second-order valence-electron chi connectivity index (χ2n) is 5.59. The highest BCUT2D eigenvalue weighted by atomic mass is 19.4. The summed E-state index contributed by atoms with van der Waals surface area (Å²) in [5.41, 5.74) is 2.36. The lowest BCUT2D eigenvalue weighted by Crippen LogP contribution is -2.43. The number of fused-ring (bicyclic) bond motifs is 1. The molecular weight excluding hydrogens is 321 g/mol. The summed E-state index contributed by atoms with van der Waals surface area (Å²) in [5.74, 6) is 0.142. The minimum atomic E-state index is -4.51. The molecule has 2 aromatic rings. The van der Waals surface area contributed by atoms with Gasteiger partial charge in [0, 0.05) is 18.4 Å². The number of carbonyl (C=O) groups excluding carboxylic acids is 1. The number of hydrogen-bond acceptors (Lipinski definition) is 3. The number of carbonyl (C=O) groups is 1. The third kappa shape index (κ3) is 3.17. The van der Waals surface area contributed by atoms with Gasteiger partial charge in [-0.3, -0.25) is 10.2 Å². The second-order valence-corrected chi connectivity index (χ2v) is 5.59. The maximum atomic E-state index is 13.6. The van der Waals surface area contributed by atoms with E-state index in [1.54, 1.807) is 18.2 Å². The van der Waals surface area contributed by atoms with E-state index < -0.39 is 18.1 Å². The number of hydrogen-bond donors (Lipinski definition) is 1. The highest BCUT2D eigenvalue weighted by Gasteiger charge is 2.46. The van der Waals surface area contributed by atoms with Crippen LogP contribution in [0.15, 0.2) is 36.4 Å². The van der Waals surface area contributed by atoms with E-state index in [1.165, 1.54) is 12.1 Å². The van der Waals surface area contributed by atoms with Crippen LogP contribution in [0.1, 0.15) is 24.9 Å². The SMILES string of the molecule is CCOc1cccc2ccc([C@H](N3CCC(=O)N3)C(F)(F)F)cc12. The lowest BCUT2D eigenvalue weighted by atomic mass is 10.0. The molecule has 24 heavy (non-hydrogen) atoms. The normalized spacial score (nSPS) is 17.1. The summed E-state index contributed by atoms with van der Waals surface area (Å²) >= 11 is 0. The highest BCUT2D eigenvalue weighted by molar-refractivity contribution is 5.89. The topological polar surface area (TPSA) is 41.6 Å². The van der Waals surface area contributed by atoms with Gasteiger partial charge in [-0.2, -0.15) is 13.2 Å². The second kappa shape index (κ2) is 6.32. The van der Waals surface area contributed by atoms with Gasteiger partial charge in [-0.1, -0.05) is 24.3 Å². The first-order valence-electron chi connectivity index (χ1n) is 7.68. The van der Waals surface area contributed by atoms with Crippen molar-refractivity contribution in [3.05, 3.63) is 42.0 Å². The molecule has 7 heteroatoms. The number of hydrazine groups is 1. The summed E-state index contributed by atoms with van der Waals surface area (Å²) in [7, 11) is 0. The first-order valence-corrected chi connectivity index (χ1v) is 7.68. The Kier molecular flexibility index (Phi) is 4.36. The number of rotatable bonds is 4. The van der Waals surface area contributed by atoms with Gasteiger partial charge in [-0.05, 0) is 30.0 Å². The van der Waals surface area contributed by atoms with E-state index >= 15 is 0 Å². The van der Waals surface area contributed by atoms with Gasteiger partial charge in [0.2, 0.25) is 5.91 Å². The van der Waals surface area contributed by atoms with Crippen LogP contribution >= 0.6 is 0 Å². The molecule has 0 spiro atoms. The van der Waals surface area contributed by atoms with E-state index in [4.69, 9.17) is 4.74 Å². The van der Waals surface area contributed by atoms with E-state index in [2.05, 4.69) is 5.43 Å². The van der Waals surface area contributed by atoms with Crippen LogP contribution in [0.4, 0.5) is 13.2 Å². The zero-order valence-corrected chi connectivity index (χ0v) is 13.1. The Bertz CT molecular complexity index is 761. The number of nitrogens with zero attached hydrogens (tertiary/aromatic N) is 1. The van der Waals surface area contributed by atoms with Crippen LogP contribution in [-0.4, -0.2) is 30.2 Å². The van der Waals surface area contributed by atoms with E-state index in [0.29, 0.717) is 17.7 Å². The van der Waals surface area contributed by atoms with Crippen molar-refractivity contribution in [3.63, 3.8) is 0 Å². The van der Waals surface area contributed by atoms with Crippen molar-refractivity contribution in [2.75, 3.05) is 13.2 Å². The summed E-state index contributed by atoms with van der Waals surface area (Å²) in [6.45, 7) is 2.27. The molecule has 1 aliphatic heterocycles. The van der Waals surface area contributed by atoms with E-state index in [1.807, 2.05) is 13.0 Å². The molecule has 1 atom stereocenters. The zero-order chi connectivity index (χ0) is 17.3. The monoisotopic (exact) mass is 338 g/mol. The Morgan fingerprint density at radius 3 is 2.71 bits per heavy atom. The minimum absolute atomic E-state index is 0.0220. The fourth-order valence-corrected chi connectivity index (χ4v) is 2.95. The van der Waals surface area contributed by atoms with Crippen LogP contribution in [0, 0.1) is 0 Å². The van der Waals surface area contributed by atoms with Gasteiger partial charge in [0.25, 0.3) is 0 Å². The zero-order valence-electron chi connectivity index (χ0n) is 13.1. The van der Waals surface area contributed by atoms with Gasteiger partial charge < -0.3 is 4.74 Å². The number of benzene rings is 2. The molecule has 1 amide bonds. The maximum absolute atomic E-state index is 13.6. The number of nitrogens with one attached hydrogen (secondary N) is 1. The molecule has 1 N–H and O–H groups in total. The van der Waals surface area contributed by atoms with E-state index in [0.717, 1.165) is 10.4 Å². The predicted octanol–water partition coefficient (Wildman–Crippen LogP) is 3.58. The first-order chi connectivity index (χ1) is 11.4. The fraction of sp³-hybridized carbons (Fsp3) is 0.353. The fourth-order valence-electron chi connectivity index (χ4n) is 2.95. The average Bonchev–Trinajstić information content (AvgIpc) is 2.93. The molecule has 3 rings (SSSR count). The number of halogens is 3. The molecule has 1 heterocycles. The molecule has 1 aliphatic rings. The Morgan fingerprint density at radius 2 is 2.08 bits per heavy atom. The van der Waals surface area contributed by atoms with Crippen LogP contribution in [0.5, 0.6) is 5.75 Å². The quantitative estimate of drug-likeness (QED) is 0.926. The van der Waals surface area contributed by atoms with Gasteiger partial charge in [-0.15, -0.1) is 0 Å². The standard InChI is InChI=1S/C17H17F3N2O2/c1-2-24-14-5-3-4-11-6-7-12(10-13(11)14)16(17(18,19)20)22-9-8-15(23)21-22/h3-7,10,16H,2,8-9H2,1H3,(H,21,23)/t16-/m0/s1. The van der Waals surface area contributed by atoms with Crippen molar-refractivity contribution in [1.82, 2.24) is 10.4 Å². The van der Waals surface area contributed by atoms with Crippen molar-refractivity contribution in [2.45, 2.75) is 25.6 Å². The molecule has 0 radical (unpaired) electrons. The van der Waals surface area contributed by atoms with E-state index in [-0.39, 0.29) is 18.5 Å². The summed E-state index contributed by atoms with van der Waals surface area (Å²) in [5, 5.41) is 2.37. The van der Waals surface area contributed by atoms with Crippen molar-refractivity contribution in [3.8, 4) is 5.75 Å². The summed E-state index contributed by atoms with van der Waals surface area (Å²) < 4.78 is 46.3. The molecule has 1 saturated heterocycles. The molecule has 0 bridgehead atoms. The van der Waals surface area contributed by atoms with Gasteiger partial charge >= 0.3 is 6.18 Å². The number of ether oxygens (including phenoxy) is 1. The Labute approximate surface area is 137 Å². The lowest BCUT2D eigenvalue weighted by Gasteiger charge is -2.29. The Hall–Kier alpha value is -2.28. The van der Waals surface area contributed by atoms with E-state index in [9.17, 15) is 18.0 Å². The third-order valence-electron chi connectivity index (χ3n) is 3.95. The molecule has 0 saturated carbocycles. The van der Waals surface area contributed by atoms with Gasteiger partial charge in [0.15, 0.2) is 0 Å². The number of amides is 1. The number of alkyl halides is 3. The van der Waals surface area contributed by atoms with Gasteiger partial charge in [0.05, 0.1) is 6.61 Å². The Balaban J connectivity index is 2.07. The van der Waals surface area contributed by atoms with Crippen LogP contribution in [0.25, 0.3) is 10.8 Å². The molecule has 4 nitrogen and oxygen atoms in total. The van der Waals surface area contributed by atoms with Crippen molar-refractivity contribution < 1.29 is 22.7 Å². The van der Waals surface area contributed by atoms with Gasteiger partial charge in [-0.25, -0.2) is 5.01 Å². The maximum Gasteiger partial charge on any atom is 0.409 e. The van der Waals surface area contributed by atoms with Crippen molar-refractivity contribution >= 4 is 16.7 Å². The highest BCUT2D eigenvalue weighted by Crippen LogP contribution is 2.39. The van der Waals surface area contributed by atoms with Crippen LogP contribution in [0.3, 0.4) is 0 Å². The van der Waals surface area contributed by atoms with Gasteiger partial charge in [0.1, 0.15) is 11.8 Å². The Morgan fingerprint density at radius 1 is 1.29 bits per heavy atom. The first kappa shape index (κ1) is 16.6. The smallest absolute Gasteiger partial charge is 0.409 e. The molecular formula is C17H17F3N2O2. The lowest BCUT2D eigenvalue weighted by molar-refractivity contribution is -0.191. The molecule has 0 aliphatic carbocycles.